The van der Waals surface area contributed by atoms with E-state index in [-0.39, 0.29) is 18.6 Å². The molecule has 3 N–H and O–H groups in total. The molecule has 1 aromatic rings. The number of nitrogens with zero attached hydrogens (tertiary/aromatic N) is 4. The molecule has 7 nitrogen and oxygen atoms in total. The maximum Gasteiger partial charge on any atom is 0.274 e. The Labute approximate surface area is 118 Å². The van der Waals surface area contributed by atoms with Gasteiger partial charge in [-0.15, -0.1) is 0 Å². The Bertz CT molecular complexity index is 446. The van der Waals surface area contributed by atoms with Crippen molar-refractivity contribution in [1.82, 2.24) is 19.6 Å². The van der Waals surface area contributed by atoms with Crippen molar-refractivity contribution >= 4 is 11.6 Å². The molecule has 0 aliphatic carbocycles. The molecule has 1 aromatic heterocycles. The van der Waals surface area contributed by atoms with E-state index in [9.17, 15) is 9.90 Å². The summed E-state index contributed by atoms with van der Waals surface area (Å²) in [6.07, 6.45) is 3.32. The molecule has 0 aromatic carbocycles. The Morgan fingerprint density at radius 2 is 2.15 bits per heavy atom. The number of nitrogens with two attached hydrogens (primary N) is 1. The van der Waals surface area contributed by atoms with Crippen molar-refractivity contribution in [3.05, 3.63) is 11.9 Å². The molecule has 0 saturated carbocycles. The summed E-state index contributed by atoms with van der Waals surface area (Å²) >= 11 is 0. The zero-order chi connectivity index (χ0) is 14.7. The van der Waals surface area contributed by atoms with Crippen LogP contribution in [0.15, 0.2) is 6.20 Å². The zero-order valence-electron chi connectivity index (χ0n) is 12.1. The summed E-state index contributed by atoms with van der Waals surface area (Å²) in [5.74, 6) is -0.147. The van der Waals surface area contributed by atoms with Crippen LogP contribution >= 0.6 is 0 Å². The molecule has 1 saturated heterocycles. The van der Waals surface area contributed by atoms with Crippen LogP contribution in [0.2, 0.25) is 0 Å². The fourth-order valence-electron chi connectivity index (χ4n) is 2.72. The highest BCUT2D eigenvalue weighted by atomic mass is 16.3. The predicted octanol–water partition coefficient (Wildman–Crippen LogP) is -0.469. The van der Waals surface area contributed by atoms with Gasteiger partial charge in [-0.1, -0.05) is 0 Å². The highest BCUT2D eigenvalue weighted by molar-refractivity contribution is 5.97. The van der Waals surface area contributed by atoms with E-state index >= 15 is 0 Å². The lowest BCUT2D eigenvalue weighted by atomic mass is 10.0. The second-order valence-corrected chi connectivity index (χ2v) is 5.33. The van der Waals surface area contributed by atoms with E-state index in [1.165, 1.54) is 10.9 Å². The van der Waals surface area contributed by atoms with E-state index in [0.29, 0.717) is 17.9 Å². The lowest BCUT2D eigenvalue weighted by molar-refractivity contribution is 0.0530. The fraction of sp³-hybridized carbons (Fsp3) is 0.692. The second-order valence-electron chi connectivity index (χ2n) is 5.33. The van der Waals surface area contributed by atoms with E-state index in [1.807, 2.05) is 0 Å². The molecule has 112 valence electrons. The van der Waals surface area contributed by atoms with E-state index in [0.717, 1.165) is 25.9 Å². The molecule has 1 aliphatic rings. The summed E-state index contributed by atoms with van der Waals surface area (Å²) in [6, 6.07) is 0.153. The molecule has 20 heavy (non-hydrogen) atoms. The predicted molar refractivity (Wildman–Crippen MR) is 76.3 cm³/mol. The third kappa shape index (κ3) is 2.94. The lowest BCUT2D eigenvalue weighted by Crippen LogP contribution is -2.48. The average Bonchev–Trinajstić information content (AvgIpc) is 2.76. The zero-order valence-corrected chi connectivity index (χ0v) is 12.1. The SMILES string of the molecule is CN1CCC(N(CCO)C(=O)c2c(N)cnn2C)CC1. The van der Waals surface area contributed by atoms with Gasteiger partial charge in [0.25, 0.3) is 5.91 Å². The van der Waals surface area contributed by atoms with Crippen LogP contribution in [0.5, 0.6) is 0 Å². The van der Waals surface area contributed by atoms with Crippen molar-refractivity contribution in [2.24, 2.45) is 7.05 Å². The largest absolute Gasteiger partial charge is 0.396 e. The number of nitrogen functional groups attached to an aromatic ring is 1. The third-order valence-corrected chi connectivity index (χ3v) is 3.90. The number of aliphatic hydroxyl groups excluding tert-OH is 1. The number of hydrogen-bond donors (Lipinski definition) is 2. The number of aryl methyl sites for hydroxylation is 1. The van der Waals surface area contributed by atoms with Gasteiger partial charge in [0.1, 0.15) is 5.69 Å². The molecule has 1 fully saturated rings. The van der Waals surface area contributed by atoms with Crippen molar-refractivity contribution in [3.63, 3.8) is 0 Å². The van der Waals surface area contributed by atoms with Gasteiger partial charge in [0.2, 0.25) is 0 Å². The summed E-state index contributed by atoms with van der Waals surface area (Å²) in [4.78, 5) is 16.7. The van der Waals surface area contributed by atoms with Crippen LogP contribution in [0.4, 0.5) is 5.69 Å². The molecule has 2 rings (SSSR count). The van der Waals surface area contributed by atoms with Gasteiger partial charge >= 0.3 is 0 Å². The second kappa shape index (κ2) is 6.23. The molecule has 0 atom stereocenters. The minimum absolute atomic E-state index is 0.0458. The van der Waals surface area contributed by atoms with E-state index in [2.05, 4.69) is 17.0 Å². The summed E-state index contributed by atoms with van der Waals surface area (Å²) in [6.45, 7) is 2.20. The molecule has 0 spiro atoms. The first-order valence-corrected chi connectivity index (χ1v) is 6.92. The highest BCUT2D eigenvalue weighted by Gasteiger charge is 2.29. The summed E-state index contributed by atoms with van der Waals surface area (Å²) in [7, 11) is 3.78. The average molecular weight is 281 g/mol. The maximum atomic E-state index is 12.7. The normalized spacial score (nSPS) is 17.4. The number of amides is 1. The first-order chi connectivity index (χ1) is 9.54. The number of rotatable bonds is 4. The summed E-state index contributed by atoms with van der Waals surface area (Å²) < 4.78 is 1.50. The number of hydrogen-bond acceptors (Lipinski definition) is 5. The van der Waals surface area contributed by atoms with Crippen molar-refractivity contribution in [2.45, 2.75) is 18.9 Å². The molecule has 1 amide bonds. The number of likely N-dealkylation sites (tertiary alicyclic amines) is 1. The Morgan fingerprint density at radius 1 is 1.50 bits per heavy atom. The van der Waals surface area contributed by atoms with Crippen molar-refractivity contribution in [2.75, 3.05) is 39.0 Å². The first kappa shape index (κ1) is 14.8. The van der Waals surface area contributed by atoms with Gasteiger partial charge in [0.15, 0.2) is 0 Å². The van der Waals surface area contributed by atoms with Crippen LogP contribution in [0.3, 0.4) is 0 Å². The molecule has 7 heteroatoms. The van der Waals surface area contributed by atoms with Gasteiger partial charge in [0.05, 0.1) is 18.5 Å². The van der Waals surface area contributed by atoms with Crippen LogP contribution in [-0.4, -0.2) is 69.9 Å². The van der Waals surface area contributed by atoms with E-state index in [4.69, 9.17) is 5.73 Å². The monoisotopic (exact) mass is 281 g/mol. The minimum Gasteiger partial charge on any atom is -0.396 e. The Kier molecular flexibility index (Phi) is 4.61. The van der Waals surface area contributed by atoms with Gasteiger partial charge in [-0.05, 0) is 33.0 Å². The Balaban J connectivity index is 2.18. The van der Waals surface area contributed by atoms with Crippen LogP contribution < -0.4 is 5.73 Å². The number of anilines is 1. The molecular weight excluding hydrogens is 258 g/mol. The van der Waals surface area contributed by atoms with Gasteiger partial charge < -0.3 is 20.6 Å². The number of carbonyl (C=O) groups excluding carboxylic acids is 1. The van der Waals surface area contributed by atoms with Crippen LogP contribution in [0.1, 0.15) is 23.3 Å². The molecule has 1 aliphatic heterocycles. The van der Waals surface area contributed by atoms with Gasteiger partial charge in [-0.25, -0.2) is 0 Å². The lowest BCUT2D eigenvalue weighted by Gasteiger charge is -2.37. The molecule has 2 heterocycles. The third-order valence-electron chi connectivity index (χ3n) is 3.90. The molecular formula is C13H23N5O2. The smallest absolute Gasteiger partial charge is 0.274 e. The Morgan fingerprint density at radius 3 is 2.65 bits per heavy atom. The van der Waals surface area contributed by atoms with Gasteiger partial charge in [-0.2, -0.15) is 5.10 Å². The highest BCUT2D eigenvalue weighted by Crippen LogP contribution is 2.20. The summed E-state index contributed by atoms with van der Waals surface area (Å²) in [5.41, 5.74) is 6.61. The standard InChI is InChI=1S/C13H23N5O2/c1-16-5-3-10(4-6-16)18(7-8-19)13(20)12-11(14)9-15-17(12)2/h9-10,19H,3-8,14H2,1-2H3. The van der Waals surface area contributed by atoms with Gasteiger partial charge in [-0.3, -0.25) is 9.48 Å². The number of aliphatic hydroxyl groups is 1. The van der Waals surface area contributed by atoms with Crippen LogP contribution in [0.25, 0.3) is 0 Å². The van der Waals surface area contributed by atoms with Crippen molar-refractivity contribution in [1.29, 1.82) is 0 Å². The van der Waals surface area contributed by atoms with E-state index < -0.39 is 0 Å². The number of aromatic nitrogens is 2. The van der Waals surface area contributed by atoms with Crippen LogP contribution in [-0.2, 0) is 7.05 Å². The van der Waals surface area contributed by atoms with Crippen LogP contribution in [0, 0.1) is 0 Å². The van der Waals surface area contributed by atoms with E-state index in [1.54, 1.807) is 11.9 Å². The fourth-order valence-corrected chi connectivity index (χ4v) is 2.72. The number of piperidine rings is 1. The topological polar surface area (TPSA) is 87.6 Å². The summed E-state index contributed by atoms with van der Waals surface area (Å²) in [5, 5.41) is 13.3. The quantitative estimate of drug-likeness (QED) is 0.779. The van der Waals surface area contributed by atoms with Crippen molar-refractivity contribution < 1.29 is 9.90 Å². The molecule has 0 radical (unpaired) electrons. The first-order valence-electron chi connectivity index (χ1n) is 6.92. The maximum absolute atomic E-state index is 12.7. The Hall–Kier alpha value is -1.60. The number of carbonyl (C=O) groups is 1. The van der Waals surface area contributed by atoms with Gasteiger partial charge in [0, 0.05) is 19.6 Å². The van der Waals surface area contributed by atoms with Crippen molar-refractivity contribution in [3.8, 4) is 0 Å². The minimum atomic E-state index is -0.147. The molecule has 0 bridgehead atoms. The molecule has 0 unspecified atom stereocenters.